The van der Waals surface area contributed by atoms with Crippen LogP contribution in [0.2, 0.25) is 0 Å². The van der Waals surface area contributed by atoms with Gasteiger partial charge in [-0.3, -0.25) is 0 Å². The zero-order valence-electron chi connectivity index (χ0n) is 14.3. The lowest BCUT2D eigenvalue weighted by Gasteiger charge is -2.36. The minimum atomic E-state index is -0.921. The van der Waals surface area contributed by atoms with Crippen molar-refractivity contribution in [2.24, 2.45) is 5.92 Å². The SMILES string of the molecule is CC(C)COC(=O)C1(NC(=O)OC2CCOCC2)CCCCC1. The van der Waals surface area contributed by atoms with Gasteiger partial charge in [-0.05, 0) is 18.8 Å². The average Bonchev–Trinajstić information content (AvgIpc) is 2.54. The molecule has 1 N–H and O–H groups in total. The van der Waals surface area contributed by atoms with Gasteiger partial charge >= 0.3 is 12.1 Å². The second-order valence-corrected chi connectivity index (χ2v) is 6.98. The van der Waals surface area contributed by atoms with E-state index in [9.17, 15) is 9.59 Å². The Labute approximate surface area is 138 Å². The molecule has 0 spiro atoms. The fraction of sp³-hybridized carbons (Fsp3) is 0.882. The Morgan fingerprint density at radius 1 is 1.17 bits per heavy atom. The third-order valence-corrected chi connectivity index (χ3v) is 4.43. The third-order valence-electron chi connectivity index (χ3n) is 4.43. The first-order chi connectivity index (χ1) is 11.0. The van der Waals surface area contributed by atoms with E-state index in [0.29, 0.717) is 45.5 Å². The van der Waals surface area contributed by atoms with Gasteiger partial charge in [-0.25, -0.2) is 9.59 Å². The molecule has 2 aliphatic rings. The minimum Gasteiger partial charge on any atom is -0.464 e. The zero-order valence-corrected chi connectivity index (χ0v) is 14.3. The highest BCUT2D eigenvalue weighted by Crippen LogP contribution is 2.30. The summed E-state index contributed by atoms with van der Waals surface area (Å²) in [5, 5.41) is 2.83. The number of hydrogen-bond acceptors (Lipinski definition) is 5. The molecule has 0 atom stereocenters. The molecule has 1 amide bonds. The van der Waals surface area contributed by atoms with Crippen LogP contribution in [0, 0.1) is 5.92 Å². The Morgan fingerprint density at radius 3 is 2.43 bits per heavy atom. The van der Waals surface area contributed by atoms with Crippen molar-refractivity contribution in [3.8, 4) is 0 Å². The first-order valence-electron chi connectivity index (χ1n) is 8.75. The third kappa shape index (κ3) is 5.37. The molecule has 0 unspecified atom stereocenters. The largest absolute Gasteiger partial charge is 0.464 e. The number of alkyl carbamates (subject to hydrolysis) is 1. The lowest BCUT2D eigenvalue weighted by molar-refractivity contribution is -0.154. The van der Waals surface area contributed by atoms with Crippen LogP contribution in [0.5, 0.6) is 0 Å². The average molecular weight is 327 g/mol. The molecular formula is C17H29NO5. The predicted octanol–water partition coefficient (Wildman–Crippen LogP) is 2.79. The number of amides is 1. The molecule has 0 bridgehead atoms. The first kappa shape index (κ1) is 18.0. The molecule has 6 nitrogen and oxygen atoms in total. The maximum absolute atomic E-state index is 12.5. The summed E-state index contributed by atoms with van der Waals surface area (Å²) in [6, 6.07) is 0. The molecule has 2 fully saturated rings. The highest BCUT2D eigenvalue weighted by Gasteiger charge is 2.43. The van der Waals surface area contributed by atoms with E-state index in [-0.39, 0.29) is 18.0 Å². The highest BCUT2D eigenvalue weighted by molar-refractivity contribution is 5.86. The van der Waals surface area contributed by atoms with E-state index in [1.54, 1.807) is 0 Å². The van der Waals surface area contributed by atoms with Crippen LogP contribution in [0.15, 0.2) is 0 Å². The molecular weight excluding hydrogens is 298 g/mol. The second kappa shape index (κ2) is 8.52. The van der Waals surface area contributed by atoms with E-state index in [1.165, 1.54) is 0 Å². The molecule has 0 aromatic heterocycles. The van der Waals surface area contributed by atoms with Crippen LogP contribution in [0.1, 0.15) is 58.8 Å². The summed E-state index contributed by atoms with van der Waals surface area (Å²) in [6.45, 7) is 5.58. The van der Waals surface area contributed by atoms with Gasteiger partial charge in [0.1, 0.15) is 11.6 Å². The van der Waals surface area contributed by atoms with Gasteiger partial charge in [0.15, 0.2) is 0 Å². The van der Waals surface area contributed by atoms with Crippen LogP contribution < -0.4 is 5.32 Å². The maximum atomic E-state index is 12.5. The molecule has 1 heterocycles. The molecule has 0 radical (unpaired) electrons. The van der Waals surface area contributed by atoms with Gasteiger partial charge in [0.05, 0.1) is 19.8 Å². The number of hydrogen-bond donors (Lipinski definition) is 1. The summed E-state index contributed by atoms with van der Waals surface area (Å²) in [5.74, 6) is -0.0522. The maximum Gasteiger partial charge on any atom is 0.408 e. The molecule has 0 aromatic rings. The number of ether oxygens (including phenoxy) is 3. The van der Waals surface area contributed by atoms with Gasteiger partial charge in [0.25, 0.3) is 0 Å². The Kier molecular flexibility index (Phi) is 6.69. The molecule has 1 saturated heterocycles. The topological polar surface area (TPSA) is 73.9 Å². The van der Waals surface area contributed by atoms with Gasteiger partial charge in [0.2, 0.25) is 0 Å². The summed E-state index contributed by atoms with van der Waals surface area (Å²) in [5.41, 5.74) is -0.921. The highest BCUT2D eigenvalue weighted by atomic mass is 16.6. The lowest BCUT2D eigenvalue weighted by atomic mass is 9.81. The van der Waals surface area contributed by atoms with Crippen molar-refractivity contribution in [2.75, 3.05) is 19.8 Å². The quantitative estimate of drug-likeness (QED) is 0.786. The Morgan fingerprint density at radius 2 is 1.83 bits per heavy atom. The molecule has 2 rings (SSSR count). The van der Waals surface area contributed by atoms with Crippen molar-refractivity contribution >= 4 is 12.1 Å². The molecule has 1 saturated carbocycles. The zero-order chi connectivity index (χ0) is 16.7. The Bertz CT molecular complexity index is 398. The number of rotatable bonds is 5. The van der Waals surface area contributed by atoms with E-state index in [4.69, 9.17) is 14.2 Å². The van der Waals surface area contributed by atoms with Crippen molar-refractivity contribution in [1.29, 1.82) is 0 Å². The smallest absolute Gasteiger partial charge is 0.408 e. The fourth-order valence-electron chi connectivity index (χ4n) is 3.09. The number of nitrogens with one attached hydrogen (secondary N) is 1. The Hall–Kier alpha value is -1.30. The monoisotopic (exact) mass is 327 g/mol. The first-order valence-corrected chi connectivity index (χ1v) is 8.75. The molecule has 132 valence electrons. The van der Waals surface area contributed by atoms with Gasteiger partial charge in [-0.1, -0.05) is 33.1 Å². The van der Waals surface area contributed by atoms with Crippen molar-refractivity contribution < 1.29 is 23.8 Å². The molecule has 23 heavy (non-hydrogen) atoms. The number of carbonyl (C=O) groups is 2. The van der Waals surface area contributed by atoms with Crippen molar-refractivity contribution in [1.82, 2.24) is 5.32 Å². The van der Waals surface area contributed by atoms with Crippen molar-refractivity contribution in [2.45, 2.75) is 70.4 Å². The van der Waals surface area contributed by atoms with Crippen LogP contribution in [0.25, 0.3) is 0 Å². The molecule has 1 aliphatic carbocycles. The van der Waals surface area contributed by atoms with Crippen LogP contribution in [-0.2, 0) is 19.0 Å². The second-order valence-electron chi connectivity index (χ2n) is 6.98. The summed E-state index contributed by atoms with van der Waals surface area (Å²) >= 11 is 0. The summed E-state index contributed by atoms with van der Waals surface area (Å²) < 4.78 is 16.1. The predicted molar refractivity (Wildman–Crippen MR) is 85.1 cm³/mol. The normalized spacial score (nSPS) is 21.7. The van der Waals surface area contributed by atoms with Crippen LogP contribution >= 0.6 is 0 Å². The van der Waals surface area contributed by atoms with Crippen LogP contribution in [0.4, 0.5) is 4.79 Å². The van der Waals surface area contributed by atoms with E-state index >= 15 is 0 Å². The Balaban J connectivity index is 1.93. The minimum absolute atomic E-state index is 0.129. The lowest BCUT2D eigenvalue weighted by Crippen LogP contribution is -2.57. The summed E-state index contributed by atoms with van der Waals surface area (Å²) in [6.07, 6.45) is 4.91. The van der Waals surface area contributed by atoms with Gasteiger partial charge in [-0.15, -0.1) is 0 Å². The van der Waals surface area contributed by atoms with Crippen LogP contribution in [-0.4, -0.2) is 43.5 Å². The van der Waals surface area contributed by atoms with E-state index in [0.717, 1.165) is 19.3 Å². The van der Waals surface area contributed by atoms with Crippen LogP contribution in [0.3, 0.4) is 0 Å². The van der Waals surface area contributed by atoms with Crippen molar-refractivity contribution in [3.05, 3.63) is 0 Å². The van der Waals surface area contributed by atoms with Gasteiger partial charge < -0.3 is 19.5 Å². The molecule has 0 aromatic carbocycles. The number of carbonyl (C=O) groups excluding carboxylic acids is 2. The molecule has 1 aliphatic heterocycles. The van der Waals surface area contributed by atoms with Crippen molar-refractivity contribution in [3.63, 3.8) is 0 Å². The summed E-state index contributed by atoms with van der Waals surface area (Å²) in [4.78, 5) is 24.8. The fourth-order valence-corrected chi connectivity index (χ4v) is 3.09. The van der Waals surface area contributed by atoms with E-state index in [2.05, 4.69) is 5.32 Å². The van der Waals surface area contributed by atoms with E-state index in [1.807, 2.05) is 13.8 Å². The van der Waals surface area contributed by atoms with Gasteiger partial charge in [0, 0.05) is 12.8 Å². The molecule has 6 heteroatoms. The van der Waals surface area contributed by atoms with E-state index < -0.39 is 11.6 Å². The standard InChI is InChI=1S/C17H29NO5/c1-13(2)12-22-15(19)17(8-4-3-5-9-17)18-16(20)23-14-6-10-21-11-7-14/h13-14H,3-12H2,1-2H3,(H,18,20). The number of esters is 1. The summed E-state index contributed by atoms with van der Waals surface area (Å²) in [7, 11) is 0. The van der Waals surface area contributed by atoms with Gasteiger partial charge in [-0.2, -0.15) is 0 Å².